The third-order valence-electron chi connectivity index (χ3n) is 3.43. The number of rotatable bonds is 7. The molecule has 0 aromatic carbocycles. The van der Waals surface area contributed by atoms with Gasteiger partial charge in [0.15, 0.2) is 0 Å². The van der Waals surface area contributed by atoms with Crippen molar-refractivity contribution in [2.45, 2.75) is 44.4 Å². The van der Waals surface area contributed by atoms with Crippen LogP contribution in [-0.2, 0) is 12.8 Å². The van der Waals surface area contributed by atoms with Gasteiger partial charge in [-0.2, -0.15) is 23.5 Å². The van der Waals surface area contributed by atoms with E-state index in [1.165, 1.54) is 41.4 Å². The molecule has 1 N–H and O–H groups in total. The molecule has 0 bridgehead atoms. The molecule has 1 aliphatic rings. The molecule has 0 aliphatic carbocycles. The quantitative estimate of drug-likeness (QED) is 0.814. The molecular formula is C15H25NS3. The molecule has 0 spiro atoms. The van der Waals surface area contributed by atoms with Gasteiger partial charge in [0.2, 0.25) is 0 Å². The van der Waals surface area contributed by atoms with E-state index in [1.54, 1.807) is 4.88 Å². The number of thiophene rings is 1. The summed E-state index contributed by atoms with van der Waals surface area (Å²) in [7, 11) is 0. The summed E-state index contributed by atoms with van der Waals surface area (Å²) < 4.78 is 0. The standard InChI is InChI=1S/C15H25NS3/c1-3-7-16-14(15-11-17-8-9-18-15)10-13-6-5-12(4-2)19-13/h5-6,14-16H,3-4,7-11H2,1-2H3. The Bertz CT molecular complexity index is 358. The maximum Gasteiger partial charge on any atom is 0.0295 e. The highest BCUT2D eigenvalue weighted by atomic mass is 32.2. The summed E-state index contributed by atoms with van der Waals surface area (Å²) in [6.45, 7) is 5.65. The van der Waals surface area contributed by atoms with Gasteiger partial charge in [-0.25, -0.2) is 0 Å². The van der Waals surface area contributed by atoms with Crippen molar-refractivity contribution < 1.29 is 0 Å². The highest BCUT2D eigenvalue weighted by molar-refractivity contribution is 8.06. The van der Waals surface area contributed by atoms with Crippen molar-refractivity contribution >= 4 is 34.9 Å². The first-order valence-corrected chi connectivity index (χ1v) is 10.4. The van der Waals surface area contributed by atoms with Crippen molar-refractivity contribution in [3.8, 4) is 0 Å². The summed E-state index contributed by atoms with van der Waals surface area (Å²) in [6.07, 6.45) is 3.61. The lowest BCUT2D eigenvalue weighted by Crippen LogP contribution is -2.42. The Hall–Kier alpha value is 0.360. The fourth-order valence-electron chi connectivity index (χ4n) is 2.34. The molecule has 19 heavy (non-hydrogen) atoms. The van der Waals surface area contributed by atoms with E-state index in [2.05, 4.69) is 54.8 Å². The van der Waals surface area contributed by atoms with Gasteiger partial charge in [0, 0.05) is 38.3 Å². The lowest BCUT2D eigenvalue weighted by Gasteiger charge is -2.30. The average Bonchev–Trinajstić information content (AvgIpc) is 2.92. The van der Waals surface area contributed by atoms with E-state index < -0.39 is 0 Å². The molecule has 0 radical (unpaired) electrons. The number of thioether (sulfide) groups is 2. The van der Waals surface area contributed by atoms with Crippen LogP contribution in [-0.4, -0.2) is 35.1 Å². The Kier molecular flexibility index (Phi) is 7.13. The second-order valence-corrected chi connectivity index (χ2v) is 8.72. The lowest BCUT2D eigenvalue weighted by atomic mass is 10.1. The minimum Gasteiger partial charge on any atom is -0.312 e. The van der Waals surface area contributed by atoms with Crippen LogP contribution in [0.5, 0.6) is 0 Å². The largest absolute Gasteiger partial charge is 0.312 e. The van der Waals surface area contributed by atoms with E-state index in [0.717, 1.165) is 11.8 Å². The van der Waals surface area contributed by atoms with Gasteiger partial charge < -0.3 is 5.32 Å². The maximum absolute atomic E-state index is 3.79. The topological polar surface area (TPSA) is 12.0 Å². The van der Waals surface area contributed by atoms with Gasteiger partial charge in [-0.15, -0.1) is 11.3 Å². The van der Waals surface area contributed by atoms with Crippen molar-refractivity contribution in [2.24, 2.45) is 0 Å². The summed E-state index contributed by atoms with van der Waals surface area (Å²) in [6, 6.07) is 5.30. The zero-order valence-corrected chi connectivity index (χ0v) is 14.4. The summed E-state index contributed by atoms with van der Waals surface area (Å²) in [5, 5.41) is 4.58. The van der Waals surface area contributed by atoms with E-state index in [0.29, 0.717) is 6.04 Å². The molecular weight excluding hydrogens is 290 g/mol. The van der Waals surface area contributed by atoms with Gasteiger partial charge in [-0.1, -0.05) is 13.8 Å². The van der Waals surface area contributed by atoms with Crippen LogP contribution >= 0.6 is 34.9 Å². The van der Waals surface area contributed by atoms with Gasteiger partial charge in [0.25, 0.3) is 0 Å². The van der Waals surface area contributed by atoms with Gasteiger partial charge >= 0.3 is 0 Å². The van der Waals surface area contributed by atoms with E-state index in [-0.39, 0.29) is 0 Å². The minimum atomic E-state index is 0.654. The Balaban J connectivity index is 1.95. The molecule has 2 rings (SSSR count). The van der Waals surface area contributed by atoms with Gasteiger partial charge in [0.1, 0.15) is 0 Å². The second-order valence-electron chi connectivity index (χ2n) is 4.97. The van der Waals surface area contributed by atoms with Crippen molar-refractivity contribution in [1.29, 1.82) is 0 Å². The zero-order chi connectivity index (χ0) is 13.5. The third-order valence-corrected chi connectivity index (χ3v) is 7.61. The molecule has 1 nitrogen and oxygen atoms in total. The highest BCUT2D eigenvalue weighted by Crippen LogP contribution is 2.29. The molecule has 1 aromatic heterocycles. The SMILES string of the molecule is CCCNC(Cc1ccc(CC)s1)C1CSCCS1. The third kappa shape index (κ3) is 5.00. The summed E-state index contributed by atoms with van der Waals surface area (Å²) in [4.78, 5) is 3.08. The normalized spacial score (nSPS) is 21.5. The Morgan fingerprint density at radius 3 is 2.74 bits per heavy atom. The number of hydrogen-bond donors (Lipinski definition) is 1. The first-order valence-electron chi connectivity index (χ1n) is 7.33. The van der Waals surface area contributed by atoms with Crippen molar-refractivity contribution in [3.05, 3.63) is 21.9 Å². The molecule has 0 amide bonds. The van der Waals surface area contributed by atoms with E-state index in [4.69, 9.17) is 0 Å². The fraction of sp³-hybridized carbons (Fsp3) is 0.733. The van der Waals surface area contributed by atoms with Crippen LogP contribution in [0.3, 0.4) is 0 Å². The molecule has 2 heterocycles. The maximum atomic E-state index is 3.79. The van der Waals surface area contributed by atoms with Crippen molar-refractivity contribution in [3.63, 3.8) is 0 Å². The Morgan fingerprint density at radius 2 is 2.11 bits per heavy atom. The van der Waals surface area contributed by atoms with Gasteiger partial charge in [-0.3, -0.25) is 0 Å². The Labute approximate surface area is 130 Å². The average molecular weight is 316 g/mol. The van der Waals surface area contributed by atoms with Crippen LogP contribution < -0.4 is 5.32 Å². The van der Waals surface area contributed by atoms with Crippen LogP contribution in [0.15, 0.2) is 12.1 Å². The first kappa shape index (κ1) is 15.7. The van der Waals surface area contributed by atoms with Crippen LogP contribution in [0, 0.1) is 0 Å². The monoisotopic (exact) mass is 315 g/mol. The predicted octanol–water partition coefficient (Wildman–Crippen LogP) is 4.07. The van der Waals surface area contributed by atoms with Crippen LogP contribution in [0.4, 0.5) is 0 Å². The lowest BCUT2D eigenvalue weighted by molar-refractivity contribution is 0.508. The first-order chi connectivity index (χ1) is 9.33. The number of hydrogen-bond acceptors (Lipinski definition) is 4. The molecule has 2 atom stereocenters. The predicted molar refractivity (Wildman–Crippen MR) is 93.1 cm³/mol. The molecule has 1 fully saturated rings. The smallest absolute Gasteiger partial charge is 0.0295 e. The van der Waals surface area contributed by atoms with Crippen LogP contribution in [0.25, 0.3) is 0 Å². The zero-order valence-electron chi connectivity index (χ0n) is 12.0. The van der Waals surface area contributed by atoms with Crippen LogP contribution in [0.2, 0.25) is 0 Å². The molecule has 2 unspecified atom stereocenters. The Morgan fingerprint density at radius 1 is 1.26 bits per heavy atom. The molecule has 4 heteroatoms. The van der Waals surface area contributed by atoms with E-state index >= 15 is 0 Å². The fourth-order valence-corrected chi connectivity index (χ4v) is 6.25. The van der Waals surface area contributed by atoms with Gasteiger partial charge in [-0.05, 0) is 37.9 Å². The number of nitrogens with one attached hydrogen (secondary N) is 1. The number of aryl methyl sites for hydroxylation is 1. The molecule has 108 valence electrons. The highest BCUT2D eigenvalue weighted by Gasteiger charge is 2.24. The van der Waals surface area contributed by atoms with Crippen LogP contribution in [0.1, 0.15) is 30.0 Å². The summed E-state index contributed by atoms with van der Waals surface area (Å²) in [5.74, 6) is 3.98. The second kappa shape index (κ2) is 8.60. The molecule has 1 aromatic rings. The van der Waals surface area contributed by atoms with E-state index in [9.17, 15) is 0 Å². The van der Waals surface area contributed by atoms with Crippen molar-refractivity contribution in [2.75, 3.05) is 23.8 Å². The van der Waals surface area contributed by atoms with E-state index in [1.807, 2.05) is 11.3 Å². The molecule has 0 saturated carbocycles. The van der Waals surface area contributed by atoms with Gasteiger partial charge in [0.05, 0.1) is 0 Å². The molecule has 1 saturated heterocycles. The molecule has 1 aliphatic heterocycles. The summed E-state index contributed by atoms with van der Waals surface area (Å²) >= 11 is 6.31. The summed E-state index contributed by atoms with van der Waals surface area (Å²) in [5.41, 5.74) is 0. The van der Waals surface area contributed by atoms with Crippen molar-refractivity contribution in [1.82, 2.24) is 5.32 Å². The minimum absolute atomic E-state index is 0.654.